The summed E-state index contributed by atoms with van der Waals surface area (Å²) < 4.78 is 39.8. The third-order valence-electron chi connectivity index (χ3n) is 2.86. The van der Waals surface area contributed by atoms with E-state index >= 15 is 0 Å². The second-order valence-corrected chi connectivity index (χ2v) is 4.13. The Kier molecular flexibility index (Phi) is 3.39. The predicted octanol–water partition coefficient (Wildman–Crippen LogP) is 3.46. The van der Waals surface area contributed by atoms with E-state index in [2.05, 4.69) is 0 Å². The Morgan fingerprint density at radius 3 is 2.39 bits per heavy atom. The maximum atomic E-state index is 13.6. The summed E-state index contributed by atoms with van der Waals surface area (Å²) in [4.78, 5) is 0. The summed E-state index contributed by atoms with van der Waals surface area (Å²) in [6, 6.07) is 7.29. The molecule has 0 radical (unpaired) electrons. The summed E-state index contributed by atoms with van der Waals surface area (Å²) in [5.74, 6) is -2.26. The van der Waals surface area contributed by atoms with Gasteiger partial charge in [0.2, 0.25) is 0 Å². The zero-order chi connectivity index (χ0) is 13.3. The van der Waals surface area contributed by atoms with E-state index in [1.165, 1.54) is 30.3 Å². The molecule has 0 saturated heterocycles. The number of hydrogen-bond acceptors (Lipinski definition) is 1. The van der Waals surface area contributed by atoms with Gasteiger partial charge in [0.1, 0.15) is 5.82 Å². The van der Waals surface area contributed by atoms with Crippen molar-refractivity contribution in [3.05, 3.63) is 70.5 Å². The molecule has 1 unspecified atom stereocenters. The van der Waals surface area contributed by atoms with Gasteiger partial charge in [-0.1, -0.05) is 24.3 Å². The van der Waals surface area contributed by atoms with Gasteiger partial charge in [0, 0.05) is 5.56 Å². The molecule has 2 aromatic carbocycles. The van der Waals surface area contributed by atoms with Crippen molar-refractivity contribution < 1.29 is 13.2 Å². The second-order valence-electron chi connectivity index (χ2n) is 4.13. The molecular formula is C14H12F3N. The SMILES string of the molecule is Cc1cc(C(N)c2cccc(F)c2F)ccc1F. The predicted molar refractivity (Wildman–Crippen MR) is 63.5 cm³/mol. The molecule has 94 valence electrons. The van der Waals surface area contributed by atoms with Gasteiger partial charge in [-0.3, -0.25) is 0 Å². The fourth-order valence-corrected chi connectivity index (χ4v) is 1.80. The minimum Gasteiger partial charge on any atom is -0.320 e. The Hall–Kier alpha value is -1.81. The van der Waals surface area contributed by atoms with Crippen LogP contribution in [0.4, 0.5) is 13.2 Å². The largest absolute Gasteiger partial charge is 0.320 e. The third-order valence-corrected chi connectivity index (χ3v) is 2.86. The Morgan fingerprint density at radius 2 is 1.72 bits per heavy atom. The fraction of sp³-hybridized carbons (Fsp3) is 0.143. The average molecular weight is 251 g/mol. The highest BCUT2D eigenvalue weighted by molar-refractivity contribution is 5.35. The molecule has 4 heteroatoms. The smallest absolute Gasteiger partial charge is 0.163 e. The number of aryl methyl sites for hydroxylation is 1. The fourth-order valence-electron chi connectivity index (χ4n) is 1.80. The Balaban J connectivity index is 2.44. The lowest BCUT2D eigenvalue weighted by molar-refractivity contribution is 0.494. The van der Waals surface area contributed by atoms with Crippen LogP contribution in [-0.2, 0) is 0 Å². The van der Waals surface area contributed by atoms with E-state index in [4.69, 9.17) is 5.73 Å². The lowest BCUT2D eigenvalue weighted by Crippen LogP contribution is -2.14. The molecular weight excluding hydrogens is 239 g/mol. The zero-order valence-electron chi connectivity index (χ0n) is 9.75. The van der Waals surface area contributed by atoms with E-state index in [-0.39, 0.29) is 11.4 Å². The minimum absolute atomic E-state index is 0.0565. The van der Waals surface area contributed by atoms with E-state index in [0.717, 1.165) is 6.07 Å². The summed E-state index contributed by atoms with van der Waals surface area (Å²) in [6.07, 6.45) is 0. The van der Waals surface area contributed by atoms with Crippen LogP contribution < -0.4 is 5.73 Å². The molecule has 0 bridgehead atoms. The lowest BCUT2D eigenvalue weighted by Gasteiger charge is -2.14. The molecule has 1 nitrogen and oxygen atoms in total. The number of nitrogens with two attached hydrogens (primary N) is 1. The monoisotopic (exact) mass is 251 g/mol. The molecule has 0 aromatic heterocycles. The molecule has 2 aromatic rings. The van der Waals surface area contributed by atoms with Crippen LogP contribution in [0.2, 0.25) is 0 Å². The van der Waals surface area contributed by atoms with E-state index in [1.807, 2.05) is 0 Å². The number of benzene rings is 2. The van der Waals surface area contributed by atoms with E-state index in [1.54, 1.807) is 6.92 Å². The van der Waals surface area contributed by atoms with Crippen LogP contribution in [0, 0.1) is 24.4 Å². The van der Waals surface area contributed by atoms with Crippen molar-refractivity contribution in [1.82, 2.24) is 0 Å². The molecule has 0 heterocycles. The summed E-state index contributed by atoms with van der Waals surface area (Å²) in [5, 5.41) is 0. The van der Waals surface area contributed by atoms with Crippen LogP contribution in [0.3, 0.4) is 0 Å². The van der Waals surface area contributed by atoms with Crippen molar-refractivity contribution in [2.75, 3.05) is 0 Å². The van der Waals surface area contributed by atoms with Crippen LogP contribution >= 0.6 is 0 Å². The second kappa shape index (κ2) is 4.82. The van der Waals surface area contributed by atoms with Gasteiger partial charge in [-0.15, -0.1) is 0 Å². The van der Waals surface area contributed by atoms with Crippen molar-refractivity contribution in [2.24, 2.45) is 5.73 Å². The first-order valence-electron chi connectivity index (χ1n) is 5.46. The Bertz CT molecular complexity index is 581. The summed E-state index contributed by atoms with van der Waals surface area (Å²) in [6.45, 7) is 1.59. The first-order valence-corrected chi connectivity index (χ1v) is 5.46. The van der Waals surface area contributed by atoms with Gasteiger partial charge in [0.05, 0.1) is 6.04 Å². The van der Waals surface area contributed by atoms with Crippen LogP contribution in [0.15, 0.2) is 36.4 Å². The normalized spacial score (nSPS) is 12.5. The first kappa shape index (κ1) is 12.6. The maximum absolute atomic E-state index is 13.6. The van der Waals surface area contributed by atoms with E-state index in [9.17, 15) is 13.2 Å². The first-order chi connectivity index (χ1) is 8.50. The van der Waals surface area contributed by atoms with Crippen LogP contribution in [0.1, 0.15) is 22.7 Å². The summed E-state index contributed by atoms with van der Waals surface area (Å²) >= 11 is 0. The molecule has 0 aliphatic carbocycles. The number of rotatable bonds is 2. The number of halogens is 3. The van der Waals surface area contributed by atoms with E-state index in [0.29, 0.717) is 11.1 Å². The molecule has 18 heavy (non-hydrogen) atoms. The van der Waals surface area contributed by atoms with Gasteiger partial charge >= 0.3 is 0 Å². The zero-order valence-corrected chi connectivity index (χ0v) is 9.75. The van der Waals surface area contributed by atoms with Crippen molar-refractivity contribution in [1.29, 1.82) is 0 Å². The highest BCUT2D eigenvalue weighted by Crippen LogP contribution is 2.24. The van der Waals surface area contributed by atoms with E-state index < -0.39 is 17.7 Å². The lowest BCUT2D eigenvalue weighted by atomic mass is 9.97. The van der Waals surface area contributed by atoms with Gasteiger partial charge in [-0.25, -0.2) is 13.2 Å². The van der Waals surface area contributed by atoms with Crippen molar-refractivity contribution in [2.45, 2.75) is 13.0 Å². The van der Waals surface area contributed by atoms with Gasteiger partial charge in [0.15, 0.2) is 11.6 Å². The summed E-state index contributed by atoms with van der Waals surface area (Å²) in [5.41, 5.74) is 6.89. The summed E-state index contributed by atoms with van der Waals surface area (Å²) in [7, 11) is 0. The van der Waals surface area contributed by atoms with Crippen LogP contribution in [0.25, 0.3) is 0 Å². The molecule has 2 N–H and O–H groups in total. The molecule has 0 amide bonds. The Morgan fingerprint density at radius 1 is 1.00 bits per heavy atom. The van der Waals surface area contributed by atoms with Crippen molar-refractivity contribution in [3.8, 4) is 0 Å². The van der Waals surface area contributed by atoms with Gasteiger partial charge in [0.25, 0.3) is 0 Å². The van der Waals surface area contributed by atoms with Gasteiger partial charge < -0.3 is 5.73 Å². The minimum atomic E-state index is -0.966. The molecule has 0 aliphatic heterocycles. The molecule has 0 saturated carbocycles. The molecule has 0 aliphatic rings. The Labute approximate surface area is 103 Å². The molecule has 0 fully saturated rings. The van der Waals surface area contributed by atoms with Gasteiger partial charge in [-0.2, -0.15) is 0 Å². The number of hydrogen-bond donors (Lipinski definition) is 1. The highest BCUT2D eigenvalue weighted by atomic mass is 19.2. The highest BCUT2D eigenvalue weighted by Gasteiger charge is 2.16. The average Bonchev–Trinajstić information content (AvgIpc) is 2.35. The topological polar surface area (TPSA) is 26.0 Å². The third kappa shape index (κ3) is 2.24. The molecule has 2 rings (SSSR count). The molecule has 1 atom stereocenters. The quantitative estimate of drug-likeness (QED) is 0.869. The standard InChI is InChI=1S/C14H12F3N/c1-8-7-9(5-6-11(8)15)14(18)10-3-2-4-12(16)13(10)17/h2-7,14H,18H2,1H3. The van der Waals surface area contributed by atoms with Gasteiger partial charge in [-0.05, 0) is 30.2 Å². The van der Waals surface area contributed by atoms with Crippen LogP contribution in [0.5, 0.6) is 0 Å². The molecule has 0 spiro atoms. The maximum Gasteiger partial charge on any atom is 0.163 e. The van der Waals surface area contributed by atoms with Crippen molar-refractivity contribution >= 4 is 0 Å². The van der Waals surface area contributed by atoms with Crippen molar-refractivity contribution in [3.63, 3.8) is 0 Å². The van der Waals surface area contributed by atoms with Crippen LogP contribution in [-0.4, -0.2) is 0 Å².